The largest absolute Gasteiger partial charge is 0.405 e. The van der Waals surface area contributed by atoms with Gasteiger partial charge in [0.15, 0.2) is 6.29 Å². The number of anilines is 1. The summed E-state index contributed by atoms with van der Waals surface area (Å²) in [6.07, 6.45) is 20.3. The molecule has 6 heteroatoms. The lowest BCUT2D eigenvalue weighted by Crippen LogP contribution is -2.13. The summed E-state index contributed by atoms with van der Waals surface area (Å²) in [6, 6.07) is 0. The minimum atomic E-state index is -0.340. The molecule has 0 saturated heterocycles. The van der Waals surface area contributed by atoms with Crippen LogP contribution in [0, 0.1) is 6.92 Å². The van der Waals surface area contributed by atoms with Crippen molar-refractivity contribution < 1.29 is 14.3 Å². The molecule has 0 unspecified atom stereocenters. The summed E-state index contributed by atoms with van der Waals surface area (Å²) < 4.78 is 5.44. The number of unbranched alkanes of at least 4 members (excludes halogenated alkanes) is 14. The molecule has 0 saturated carbocycles. The Bertz CT molecular complexity index is 694. The van der Waals surface area contributed by atoms with Crippen molar-refractivity contribution in [1.82, 2.24) is 4.98 Å². The van der Waals surface area contributed by atoms with Gasteiger partial charge in [-0.1, -0.05) is 108 Å². The maximum atomic E-state index is 12.3. The zero-order valence-electron chi connectivity index (χ0n) is 21.1. The van der Waals surface area contributed by atoms with Gasteiger partial charge in [0.25, 0.3) is 0 Å². The van der Waals surface area contributed by atoms with E-state index in [9.17, 15) is 9.59 Å². The van der Waals surface area contributed by atoms with Gasteiger partial charge in [-0.2, -0.15) is 4.98 Å². The molecule has 0 bridgehead atoms. The van der Waals surface area contributed by atoms with Gasteiger partial charge in [0, 0.05) is 18.5 Å². The first-order valence-electron chi connectivity index (χ1n) is 13.1. The molecule has 0 fully saturated rings. The number of hydrogen-bond acceptors (Lipinski definition) is 5. The summed E-state index contributed by atoms with van der Waals surface area (Å²) in [7, 11) is 0. The van der Waals surface area contributed by atoms with Crippen molar-refractivity contribution in [3.8, 4) is 5.88 Å². The number of nitrogens with zero attached hydrogens (tertiary/aromatic N) is 1. The van der Waals surface area contributed by atoms with Gasteiger partial charge in [0.2, 0.25) is 5.88 Å². The SMILES string of the molecule is CCCCCCCCCCCCCCCCCC(=O)Oc1nc(Cl)c(C)c(C=O)c1NCC. The van der Waals surface area contributed by atoms with E-state index in [0.29, 0.717) is 36.1 Å². The molecule has 0 aliphatic heterocycles. The van der Waals surface area contributed by atoms with Gasteiger partial charge in [-0.3, -0.25) is 9.59 Å². The third-order valence-electron chi connectivity index (χ3n) is 6.06. The molecule has 1 heterocycles. The van der Waals surface area contributed by atoms with Crippen LogP contribution in [0.5, 0.6) is 5.88 Å². The molecule has 0 aromatic carbocycles. The minimum absolute atomic E-state index is 0.0838. The van der Waals surface area contributed by atoms with Crippen LogP contribution >= 0.6 is 11.6 Å². The van der Waals surface area contributed by atoms with E-state index in [1.54, 1.807) is 6.92 Å². The summed E-state index contributed by atoms with van der Waals surface area (Å²) in [5, 5.41) is 3.24. The maximum absolute atomic E-state index is 12.3. The van der Waals surface area contributed by atoms with Gasteiger partial charge in [0.1, 0.15) is 10.8 Å². The molecule has 0 atom stereocenters. The van der Waals surface area contributed by atoms with Gasteiger partial charge in [-0.05, 0) is 25.8 Å². The zero-order valence-corrected chi connectivity index (χ0v) is 21.9. The van der Waals surface area contributed by atoms with Gasteiger partial charge < -0.3 is 10.1 Å². The summed E-state index contributed by atoms with van der Waals surface area (Å²) in [5.41, 5.74) is 1.38. The molecule has 0 aliphatic carbocycles. The van der Waals surface area contributed by atoms with Crippen molar-refractivity contribution >= 4 is 29.5 Å². The Balaban J connectivity index is 2.14. The van der Waals surface area contributed by atoms with E-state index >= 15 is 0 Å². The number of rotatable bonds is 20. The van der Waals surface area contributed by atoms with Crippen LogP contribution < -0.4 is 10.1 Å². The quantitative estimate of drug-likeness (QED) is 0.0876. The number of carbonyl (C=O) groups excluding carboxylic acids is 2. The van der Waals surface area contributed by atoms with Crippen molar-refractivity contribution in [2.75, 3.05) is 11.9 Å². The molecule has 0 aliphatic rings. The first-order valence-corrected chi connectivity index (χ1v) is 13.5. The third kappa shape index (κ3) is 12.4. The highest BCUT2D eigenvalue weighted by atomic mass is 35.5. The van der Waals surface area contributed by atoms with Crippen LogP contribution in [-0.2, 0) is 4.79 Å². The van der Waals surface area contributed by atoms with E-state index in [1.807, 2.05) is 6.92 Å². The lowest BCUT2D eigenvalue weighted by Gasteiger charge is -2.14. The normalized spacial score (nSPS) is 10.9. The zero-order chi connectivity index (χ0) is 24.3. The summed E-state index contributed by atoms with van der Waals surface area (Å²) in [4.78, 5) is 27.9. The van der Waals surface area contributed by atoms with Crippen LogP contribution in [0.1, 0.15) is 133 Å². The Morgan fingerprint density at radius 1 is 0.879 bits per heavy atom. The van der Waals surface area contributed by atoms with Crippen molar-refractivity contribution in [2.24, 2.45) is 0 Å². The van der Waals surface area contributed by atoms with Crippen molar-refractivity contribution in [2.45, 2.75) is 124 Å². The Hall–Kier alpha value is -1.62. The number of halogens is 1. The molecule has 5 nitrogen and oxygen atoms in total. The molecular formula is C27H45ClN2O3. The Kier molecular flexibility index (Phi) is 16.7. The topological polar surface area (TPSA) is 68.3 Å². The Morgan fingerprint density at radius 3 is 1.82 bits per heavy atom. The molecule has 0 amide bonds. The number of hydrogen-bond donors (Lipinski definition) is 1. The predicted molar refractivity (Wildman–Crippen MR) is 139 cm³/mol. The molecule has 1 N–H and O–H groups in total. The Labute approximate surface area is 206 Å². The van der Waals surface area contributed by atoms with Gasteiger partial charge >= 0.3 is 5.97 Å². The summed E-state index contributed by atoms with van der Waals surface area (Å²) >= 11 is 6.11. The van der Waals surface area contributed by atoms with Crippen LogP contribution in [0.4, 0.5) is 5.69 Å². The van der Waals surface area contributed by atoms with Crippen LogP contribution in [0.3, 0.4) is 0 Å². The van der Waals surface area contributed by atoms with Crippen molar-refractivity contribution in [3.05, 3.63) is 16.3 Å². The van der Waals surface area contributed by atoms with Gasteiger partial charge in [-0.15, -0.1) is 0 Å². The monoisotopic (exact) mass is 480 g/mol. The number of pyridine rings is 1. The first kappa shape index (κ1) is 29.4. The Morgan fingerprint density at radius 2 is 1.36 bits per heavy atom. The maximum Gasteiger partial charge on any atom is 0.312 e. The van der Waals surface area contributed by atoms with E-state index in [0.717, 1.165) is 19.3 Å². The van der Waals surface area contributed by atoms with Crippen molar-refractivity contribution in [3.63, 3.8) is 0 Å². The number of esters is 1. The average molecular weight is 481 g/mol. The molecule has 1 rings (SSSR count). The lowest BCUT2D eigenvalue weighted by molar-refractivity contribution is -0.134. The highest BCUT2D eigenvalue weighted by molar-refractivity contribution is 6.30. The molecule has 1 aromatic rings. The number of aldehydes is 1. The highest BCUT2D eigenvalue weighted by Crippen LogP contribution is 2.32. The van der Waals surface area contributed by atoms with E-state index in [-0.39, 0.29) is 17.0 Å². The van der Waals surface area contributed by atoms with Crippen LogP contribution in [-0.4, -0.2) is 23.8 Å². The summed E-state index contributed by atoms with van der Waals surface area (Å²) in [5.74, 6) is -0.256. The first-order chi connectivity index (χ1) is 16.0. The number of aromatic nitrogens is 1. The number of carbonyl (C=O) groups is 2. The third-order valence-corrected chi connectivity index (χ3v) is 6.43. The standard InChI is InChI=1S/C27H45ClN2O3/c1-4-6-7-8-9-10-11-12-13-14-15-16-17-18-19-20-24(32)33-27-25(29-5-2)23(21-31)22(3)26(28)30-27/h21,29H,4-20H2,1-3H3. The second-order valence-corrected chi connectivity index (χ2v) is 9.30. The van der Waals surface area contributed by atoms with Gasteiger partial charge in [-0.25, -0.2) is 0 Å². The molecule has 0 radical (unpaired) electrons. The van der Waals surface area contributed by atoms with Crippen LogP contribution in [0.25, 0.3) is 0 Å². The fourth-order valence-electron chi connectivity index (χ4n) is 4.01. The smallest absolute Gasteiger partial charge is 0.312 e. The van der Waals surface area contributed by atoms with Gasteiger partial charge in [0.05, 0.1) is 0 Å². The minimum Gasteiger partial charge on any atom is -0.405 e. The molecular weight excluding hydrogens is 436 g/mol. The predicted octanol–water partition coefficient (Wildman–Crippen LogP) is 8.45. The van der Waals surface area contributed by atoms with E-state index < -0.39 is 0 Å². The fraction of sp³-hybridized carbons (Fsp3) is 0.741. The van der Waals surface area contributed by atoms with E-state index in [2.05, 4.69) is 17.2 Å². The average Bonchev–Trinajstić information content (AvgIpc) is 2.80. The van der Waals surface area contributed by atoms with Crippen LogP contribution in [0.15, 0.2) is 0 Å². The number of nitrogens with one attached hydrogen (secondary N) is 1. The second-order valence-electron chi connectivity index (χ2n) is 8.94. The lowest BCUT2D eigenvalue weighted by atomic mass is 10.0. The molecule has 0 spiro atoms. The molecule has 1 aromatic heterocycles. The number of ether oxygens (including phenoxy) is 1. The summed E-state index contributed by atoms with van der Waals surface area (Å²) in [6.45, 7) is 6.47. The molecule has 188 valence electrons. The van der Waals surface area contributed by atoms with Crippen LogP contribution in [0.2, 0.25) is 5.15 Å². The van der Waals surface area contributed by atoms with E-state index in [4.69, 9.17) is 16.3 Å². The second kappa shape index (κ2) is 18.8. The fourth-order valence-corrected chi connectivity index (χ4v) is 4.19. The molecule has 33 heavy (non-hydrogen) atoms. The van der Waals surface area contributed by atoms with Crippen molar-refractivity contribution in [1.29, 1.82) is 0 Å². The highest BCUT2D eigenvalue weighted by Gasteiger charge is 2.19. The van der Waals surface area contributed by atoms with E-state index in [1.165, 1.54) is 77.0 Å².